The Hall–Kier alpha value is -1.36. The fraction of sp³-hybridized carbons (Fsp3) is 0.529. The van der Waals surface area contributed by atoms with E-state index in [1.807, 2.05) is 12.1 Å². The van der Waals surface area contributed by atoms with Gasteiger partial charge in [0.05, 0.1) is 6.61 Å². The zero-order valence-corrected chi connectivity index (χ0v) is 14.6. The molecule has 0 aliphatic heterocycles. The lowest BCUT2D eigenvalue weighted by Gasteiger charge is -2.05. The standard InChI is InChI=1S/C17H23BrO4/c1-2-3-6-13-21-16(19)7-4-5-8-17(20)22-15-11-9-14(18)10-12-15/h9-12H,2-8,13H2,1H3. The predicted molar refractivity (Wildman–Crippen MR) is 88.7 cm³/mol. The number of hydrogen-bond acceptors (Lipinski definition) is 4. The highest BCUT2D eigenvalue weighted by Gasteiger charge is 2.07. The predicted octanol–water partition coefficient (Wildman–Crippen LogP) is 4.65. The van der Waals surface area contributed by atoms with Crippen molar-refractivity contribution in [2.45, 2.75) is 51.9 Å². The summed E-state index contributed by atoms with van der Waals surface area (Å²) >= 11 is 3.32. The molecule has 0 aromatic heterocycles. The molecule has 0 saturated heterocycles. The molecule has 0 spiro atoms. The second-order valence-corrected chi connectivity index (χ2v) is 5.98. The van der Waals surface area contributed by atoms with Gasteiger partial charge in [0.2, 0.25) is 0 Å². The molecular weight excluding hydrogens is 348 g/mol. The third-order valence-corrected chi connectivity index (χ3v) is 3.60. The van der Waals surface area contributed by atoms with Crippen LogP contribution < -0.4 is 4.74 Å². The molecule has 0 aliphatic rings. The Bertz CT molecular complexity index is 456. The molecule has 0 N–H and O–H groups in total. The topological polar surface area (TPSA) is 52.6 Å². The van der Waals surface area contributed by atoms with Crippen molar-refractivity contribution in [3.05, 3.63) is 28.7 Å². The summed E-state index contributed by atoms with van der Waals surface area (Å²) in [5.41, 5.74) is 0. The van der Waals surface area contributed by atoms with Crippen molar-refractivity contribution in [2.24, 2.45) is 0 Å². The van der Waals surface area contributed by atoms with Gasteiger partial charge in [0, 0.05) is 17.3 Å². The maximum absolute atomic E-state index is 11.6. The number of esters is 2. The quantitative estimate of drug-likeness (QED) is 0.341. The normalized spacial score (nSPS) is 10.3. The molecular formula is C17H23BrO4. The van der Waals surface area contributed by atoms with Gasteiger partial charge in [0.25, 0.3) is 0 Å². The molecule has 0 fully saturated rings. The van der Waals surface area contributed by atoms with Crippen LogP contribution >= 0.6 is 15.9 Å². The van der Waals surface area contributed by atoms with Crippen molar-refractivity contribution in [1.82, 2.24) is 0 Å². The van der Waals surface area contributed by atoms with Gasteiger partial charge in [-0.1, -0.05) is 35.7 Å². The van der Waals surface area contributed by atoms with E-state index >= 15 is 0 Å². The minimum atomic E-state index is -0.279. The highest BCUT2D eigenvalue weighted by Crippen LogP contribution is 2.17. The average Bonchev–Trinajstić information content (AvgIpc) is 2.50. The van der Waals surface area contributed by atoms with Gasteiger partial charge < -0.3 is 9.47 Å². The highest BCUT2D eigenvalue weighted by atomic mass is 79.9. The van der Waals surface area contributed by atoms with Gasteiger partial charge >= 0.3 is 11.9 Å². The van der Waals surface area contributed by atoms with Crippen LogP contribution in [0.15, 0.2) is 28.7 Å². The van der Waals surface area contributed by atoms with E-state index in [1.165, 1.54) is 0 Å². The van der Waals surface area contributed by atoms with Gasteiger partial charge in [-0.15, -0.1) is 0 Å². The molecule has 5 heteroatoms. The first-order valence-corrected chi connectivity index (χ1v) is 8.53. The summed E-state index contributed by atoms with van der Waals surface area (Å²) in [6.45, 7) is 2.60. The van der Waals surface area contributed by atoms with E-state index in [1.54, 1.807) is 12.1 Å². The Labute approximate surface area is 140 Å². The van der Waals surface area contributed by atoms with Crippen LogP contribution in [-0.4, -0.2) is 18.5 Å². The van der Waals surface area contributed by atoms with E-state index in [4.69, 9.17) is 9.47 Å². The summed E-state index contributed by atoms with van der Waals surface area (Å²) in [4.78, 5) is 23.1. The molecule has 0 bridgehead atoms. The summed E-state index contributed by atoms with van der Waals surface area (Å²) < 4.78 is 11.2. The van der Waals surface area contributed by atoms with Crippen LogP contribution in [0.2, 0.25) is 0 Å². The molecule has 4 nitrogen and oxygen atoms in total. The smallest absolute Gasteiger partial charge is 0.311 e. The van der Waals surface area contributed by atoms with E-state index < -0.39 is 0 Å². The lowest BCUT2D eigenvalue weighted by atomic mass is 10.2. The number of benzene rings is 1. The number of unbranched alkanes of at least 4 members (excludes halogenated alkanes) is 3. The fourth-order valence-electron chi connectivity index (χ4n) is 1.83. The number of rotatable bonds is 10. The van der Waals surface area contributed by atoms with E-state index in [9.17, 15) is 9.59 Å². The third-order valence-electron chi connectivity index (χ3n) is 3.07. The van der Waals surface area contributed by atoms with Gasteiger partial charge in [-0.25, -0.2) is 0 Å². The van der Waals surface area contributed by atoms with Gasteiger partial charge in [-0.3, -0.25) is 9.59 Å². The van der Waals surface area contributed by atoms with Crippen LogP contribution in [-0.2, 0) is 14.3 Å². The van der Waals surface area contributed by atoms with Crippen molar-refractivity contribution in [1.29, 1.82) is 0 Å². The molecule has 1 aromatic carbocycles. The van der Waals surface area contributed by atoms with Crippen molar-refractivity contribution in [2.75, 3.05) is 6.61 Å². The first-order valence-electron chi connectivity index (χ1n) is 7.73. The van der Waals surface area contributed by atoms with Crippen LogP contribution in [0, 0.1) is 0 Å². The Morgan fingerprint density at radius 1 is 0.955 bits per heavy atom. The van der Waals surface area contributed by atoms with Crippen molar-refractivity contribution >= 4 is 27.9 Å². The first kappa shape index (κ1) is 18.7. The largest absolute Gasteiger partial charge is 0.466 e. The van der Waals surface area contributed by atoms with Crippen molar-refractivity contribution in [3.63, 3.8) is 0 Å². The molecule has 0 heterocycles. The Balaban J connectivity index is 2.07. The maximum Gasteiger partial charge on any atom is 0.311 e. The van der Waals surface area contributed by atoms with Crippen LogP contribution in [0.5, 0.6) is 5.75 Å². The first-order chi connectivity index (χ1) is 10.6. The van der Waals surface area contributed by atoms with Gasteiger partial charge in [-0.05, 0) is 43.5 Å². The van der Waals surface area contributed by atoms with Crippen LogP contribution in [0.4, 0.5) is 0 Å². The zero-order chi connectivity index (χ0) is 16.2. The lowest BCUT2D eigenvalue weighted by Crippen LogP contribution is -2.09. The van der Waals surface area contributed by atoms with E-state index in [2.05, 4.69) is 22.9 Å². The van der Waals surface area contributed by atoms with Crippen LogP contribution in [0.3, 0.4) is 0 Å². The lowest BCUT2D eigenvalue weighted by molar-refractivity contribution is -0.144. The number of carbonyl (C=O) groups is 2. The molecule has 122 valence electrons. The average molecular weight is 371 g/mol. The summed E-state index contributed by atoms with van der Waals surface area (Å²) in [5.74, 6) is 0.0690. The Morgan fingerprint density at radius 2 is 1.59 bits per heavy atom. The van der Waals surface area contributed by atoms with Crippen molar-refractivity contribution < 1.29 is 19.1 Å². The molecule has 0 atom stereocenters. The van der Waals surface area contributed by atoms with Crippen molar-refractivity contribution in [3.8, 4) is 5.75 Å². The molecule has 1 rings (SSSR count). The summed E-state index contributed by atoms with van der Waals surface area (Å²) in [6.07, 6.45) is 5.04. The number of carbonyl (C=O) groups excluding carboxylic acids is 2. The van der Waals surface area contributed by atoms with Gasteiger partial charge in [0.15, 0.2) is 0 Å². The second-order valence-electron chi connectivity index (χ2n) is 5.06. The zero-order valence-electron chi connectivity index (χ0n) is 13.0. The summed E-state index contributed by atoms with van der Waals surface area (Å²) in [6, 6.07) is 7.10. The van der Waals surface area contributed by atoms with Crippen LogP contribution in [0.25, 0.3) is 0 Å². The highest BCUT2D eigenvalue weighted by molar-refractivity contribution is 9.10. The summed E-state index contributed by atoms with van der Waals surface area (Å²) in [7, 11) is 0. The molecule has 0 amide bonds. The number of halogens is 1. The minimum Gasteiger partial charge on any atom is -0.466 e. The Kier molecular flexibility index (Phi) is 9.55. The number of hydrogen-bond donors (Lipinski definition) is 0. The molecule has 1 aromatic rings. The maximum atomic E-state index is 11.6. The molecule has 0 unspecified atom stereocenters. The molecule has 0 saturated carbocycles. The second kappa shape index (κ2) is 11.2. The van der Waals surface area contributed by atoms with E-state index in [0.717, 1.165) is 23.7 Å². The molecule has 0 aliphatic carbocycles. The molecule has 0 radical (unpaired) electrons. The van der Waals surface area contributed by atoms with Crippen LogP contribution in [0.1, 0.15) is 51.9 Å². The number of ether oxygens (including phenoxy) is 2. The van der Waals surface area contributed by atoms with Gasteiger partial charge in [0.1, 0.15) is 5.75 Å². The van der Waals surface area contributed by atoms with E-state index in [-0.39, 0.29) is 11.9 Å². The third kappa shape index (κ3) is 8.82. The molecule has 22 heavy (non-hydrogen) atoms. The summed E-state index contributed by atoms with van der Waals surface area (Å²) in [5, 5.41) is 0. The SMILES string of the molecule is CCCCCOC(=O)CCCCC(=O)Oc1ccc(Br)cc1. The van der Waals surface area contributed by atoms with E-state index in [0.29, 0.717) is 38.0 Å². The fourth-order valence-corrected chi connectivity index (χ4v) is 2.10. The Morgan fingerprint density at radius 3 is 2.23 bits per heavy atom. The minimum absolute atomic E-state index is 0.183. The monoisotopic (exact) mass is 370 g/mol. The van der Waals surface area contributed by atoms with Gasteiger partial charge in [-0.2, -0.15) is 0 Å².